The number of piperazine rings is 1. The van der Waals surface area contributed by atoms with Crippen molar-refractivity contribution in [2.45, 2.75) is 57.4 Å². The van der Waals surface area contributed by atoms with Crippen LogP contribution in [0, 0.1) is 0 Å². The molecular weight excluding hydrogens is 292 g/mol. The third kappa shape index (κ3) is 2.83. The van der Waals surface area contributed by atoms with Crippen LogP contribution in [-0.2, 0) is 12.8 Å². The summed E-state index contributed by atoms with van der Waals surface area (Å²) >= 11 is 1.76. The Morgan fingerprint density at radius 2 is 1.73 bits per heavy atom. The van der Waals surface area contributed by atoms with Crippen molar-refractivity contribution >= 4 is 17.2 Å². The van der Waals surface area contributed by atoms with Crippen molar-refractivity contribution in [3.63, 3.8) is 0 Å². The number of fused-ring (bicyclic) bond motifs is 1. The molecule has 0 aromatic carbocycles. The molecule has 2 aliphatic carbocycles. The number of amides is 1. The van der Waals surface area contributed by atoms with E-state index in [0.29, 0.717) is 0 Å². The third-order valence-electron chi connectivity index (χ3n) is 5.65. The zero-order valence-electron chi connectivity index (χ0n) is 13.4. The van der Waals surface area contributed by atoms with Gasteiger partial charge in [-0.3, -0.25) is 9.69 Å². The lowest BCUT2D eigenvalue weighted by Gasteiger charge is -2.37. The summed E-state index contributed by atoms with van der Waals surface area (Å²) in [6, 6.07) is 2.98. The molecule has 2 fully saturated rings. The van der Waals surface area contributed by atoms with Gasteiger partial charge in [-0.15, -0.1) is 11.3 Å². The summed E-state index contributed by atoms with van der Waals surface area (Å²) in [5, 5.41) is 0. The highest BCUT2D eigenvalue weighted by Gasteiger charge is 2.29. The number of carbonyl (C=O) groups excluding carboxylic acids is 1. The molecule has 0 radical (unpaired) electrons. The first-order chi connectivity index (χ1) is 10.8. The number of hydrogen-bond donors (Lipinski definition) is 0. The highest BCUT2D eigenvalue weighted by molar-refractivity contribution is 7.14. The van der Waals surface area contributed by atoms with Crippen LogP contribution in [0.1, 0.15) is 58.6 Å². The molecule has 0 bridgehead atoms. The van der Waals surface area contributed by atoms with Crippen LogP contribution in [0.25, 0.3) is 0 Å². The molecule has 1 saturated carbocycles. The minimum atomic E-state index is 0.283. The molecule has 0 atom stereocenters. The molecule has 4 heteroatoms. The van der Waals surface area contributed by atoms with Crippen LogP contribution < -0.4 is 0 Å². The van der Waals surface area contributed by atoms with E-state index in [0.717, 1.165) is 37.1 Å². The van der Waals surface area contributed by atoms with Gasteiger partial charge in [-0.1, -0.05) is 12.8 Å². The summed E-state index contributed by atoms with van der Waals surface area (Å²) in [4.78, 5) is 19.9. The van der Waals surface area contributed by atoms with E-state index in [4.69, 9.17) is 0 Å². The van der Waals surface area contributed by atoms with Gasteiger partial charge in [0, 0.05) is 37.1 Å². The van der Waals surface area contributed by atoms with Gasteiger partial charge >= 0.3 is 0 Å². The largest absolute Gasteiger partial charge is 0.335 e. The zero-order valence-corrected chi connectivity index (χ0v) is 14.2. The second-order valence-electron chi connectivity index (χ2n) is 7.03. The van der Waals surface area contributed by atoms with Gasteiger partial charge in [0.25, 0.3) is 5.91 Å². The van der Waals surface area contributed by atoms with Crippen molar-refractivity contribution in [1.82, 2.24) is 9.80 Å². The molecule has 1 aromatic rings. The molecule has 3 nitrogen and oxygen atoms in total. The predicted octanol–water partition coefficient (Wildman–Crippen LogP) is 3.33. The summed E-state index contributed by atoms with van der Waals surface area (Å²) in [7, 11) is 0. The molecule has 2 heterocycles. The van der Waals surface area contributed by atoms with Crippen molar-refractivity contribution in [2.75, 3.05) is 26.2 Å². The number of carbonyl (C=O) groups is 1. The predicted molar refractivity (Wildman–Crippen MR) is 90.7 cm³/mol. The number of hydrogen-bond acceptors (Lipinski definition) is 3. The summed E-state index contributed by atoms with van der Waals surface area (Å²) in [6.45, 7) is 3.97. The fraction of sp³-hybridized carbons (Fsp3) is 0.722. The molecule has 0 spiro atoms. The van der Waals surface area contributed by atoms with Crippen LogP contribution in [0.15, 0.2) is 6.07 Å². The normalized spacial score (nSPS) is 23.7. The van der Waals surface area contributed by atoms with E-state index in [2.05, 4.69) is 15.9 Å². The Labute approximate surface area is 137 Å². The van der Waals surface area contributed by atoms with Crippen LogP contribution >= 0.6 is 11.3 Å². The van der Waals surface area contributed by atoms with Crippen LogP contribution in [0.3, 0.4) is 0 Å². The van der Waals surface area contributed by atoms with Crippen LogP contribution in [0.4, 0.5) is 0 Å². The second kappa shape index (κ2) is 6.32. The monoisotopic (exact) mass is 318 g/mol. The summed E-state index contributed by atoms with van der Waals surface area (Å²) in [5.74, 6) is 0.283. The molecular formula is C18H26N2OS. The standard InChI is InChI=1S/C18H26N2OS/c21-18(17-13-14-5-1-4-8-16(14)22-17)20-11-9-19(10-12-20)15-6-2-3-7-15/h13,15H,1-12H2. The molecule has 1 aromatic heterocycles. The fourth-order valence-corrected chi connectivity index (χ4v) is 5.53. The van der Waals surface area contributed by atoms with Crippen molar-refractivity contribution in [3.05, 3.63) is 21.4 Å². The van der Waals surface area contributed by atoms with Crippen LogP contribution in [0.2, 0.25) is 0 Å². The molecule has 1 amide bonds. The lowest BCUT2D eigenvalue weighted by Crippen LogP contribution is -2.51. The first-order valence-electron chi connectivity index (χ1n) is 8.96. The van der Waals surface area contributed by atoms with E-state index in [9.17, 15) is 4.79 Å². The Balaban J connectivity index is 1.38. The number of thiophene rings is 1. The maximum Gasteiger partial charge on any atom is 0.264 e. The molecule has 0 N–H and O–H groups in total. The van der Waals surface area contributed by atoms with E-state index in [1.54, 1.807) is 11.3 Å². The fourth-order valence-electron chi connectivity index (χ4n) is 4.31. The minimum Gasteiger partial charge on any atom is -0.335 e. The highest BCUT2D eigenvalue weighted by Crippen LogP contribution is 2.31. The minimum absolute atomic E-state index is 0.283. The van der Waals surface area contributed by atoms with Gasteiger partial charge in [-0.2, -0.15) is 0 Å². The lowest BCUT2D eigenvalue weighted by molar-refractivity contribution is 0.0578. The summed E-state index contributed by atoms with van der Waals surface area (Å²) in [5.41, 5.74) is 1.45. The topological polar surface area (TPSA) is 23.6 Å². The molecule has 1 aliphatic heterocycles. The van der Waals surface area contributed by atoms with Crippen molar-refractivity contribution < 1.29 is 4.79 Å². The SMILES string of the molecule is O=C(c1cc2c(s1)CCCC2)N1CCN(C2CCCC2)CC1. The smallest absolute Gasteiger partial charge is 0.264 e. The van der Waals surface area contributed by atoms with Gasteiger partial charge in [0.2, 0.25) is 0 Å². The van der Waals surface area contributed by atoms with E-state index in [-0.39, 0.29) is 5.91 Å². The van der Waals surface area contributed by atoms with Crippen molar-refractivity contribution in [1.29, 1.82) is 0 Å². The summed E-state index contributed by atoms with van der Waals surface area (Å²) < 4.78 is 0. The highest BCUT2D eigenvalue weighted by atomic mass is 32.1. The summed E-state index contributed by atoms with van der Waals surface area (Å²) in [6.07, 6.45) is 10.5. The first kappa shape index (κ1) is 14.7. The number of aryl methyl sites for hydroxylation is 2. The van der Waals surface area contributed by atoms with E-state index >= 15 is 0 Å². The zero-order chi connectivity index (χ0) is 14.9. The molecule has 1 saturated heterocycles. The van der Waals surface area contributed by atoms with E-state index in [1.165, 1.54) is 61.8 Å². The Bertz CT molecular complexity index is 516. The Hall–Kier alpha value is -0.870. The lowest BCUT2D eigenvalue weighted by atomic mass is 9.99. The number of rotatable bonds is 2. The van der Waals surface area contributed by atoms with Gasteiger partial charge < -0.3 is 4.90 Å². The van der Waals surface area contributed by atoms with Crippen LogP contribution in [-0.4, -0.2) is 47.9 Å². The molecule has 3 aliphatic rings. The average molecular weight is 318 g/mol. The second-order valence-corrected chi connectivity index (χ2v) is 8.17. The third-order valence-corrected chi connectivity index (χ3v) is 6.88. The van der Waals surface area contributed by atoms with E-state index < -0.39 is 0 Å². The first-order valence-corrected chi connectivity index (χ1v) is 9.78. The maximum absolute atomic E-state index is 12.8. The van der Waals surface area contributed by atoms with Gasteiger partial charge in [-0.25, -0.2) is 0 Å². The molecule has 4 rings (SSSR count). The number of nitrogens with zero attached hydrogens (tertiary/aromatic N) is 2. The van der Waals surface area contributed by atoms with E-state index in [1.807, 2.05) is 0 Å². The molecule has 0 unspecified atom stereocenters. The average Bonchev–Trinajstić information content (AvgIpc) is 3.23. The van der Waals surface area contributed by atoms with Crippen molar-refractivity contribution in [3.8, 4) is 0 Å². The van der Waals surface area contributed by atoms with Gasteiger partial charge in [-0.05, 0) is 50.2 Å². The Morgan fingerprint density at radius 1 is 1.00 bits per heavy atom. The quantitative estimate of drug-likeness (QED) is 0.835. The molecule has 120 valence electrons. The Morgan fingerprint density at radius 3 is 2.45 bits per heavy atom. The van der Waals surface area contributed by atoms with Crippen LogP contribution in [0.5, 0.6) is 0 Å². The van der Waals surface area contributed by atoms with Gasteiger partial charge in [0.1, 0.15) is 0 Å². The van der Waals surface area contributed by atoms with Gasteiger partial charge in [0.15, 0.2) is 0 Å². The Kier molecular flexibility index (Phi) is 4.23. The van der Waals surface area contributed by atoms with Gasteiger partial charge in [0.05, 0.1) is 4.88 Å². The molecule has 22 heavy (non-hydrogen) atoms. The van der Waals surface area contributed by atoms with Crippen molar-refractivity contribution in [2.24, 2.45) is 0 Å². The maximum atomic E-state index is 12.8.